The molecular formula is C27H31N3O4S. The molecule has 3 aromatic rings. The van der Waals surface area contributed by atoms with Gasteiger partial charge in [-0.15, -0.1) is 0 Å². The highest BCUT2D eigenvalue weighted by molar-refractivity contribution is 7.92. The van der Waals surface area contributed by atoms with Gasteiger partial charge >= 0.3 is 0 Å². The van der Waals surface area contributed by atoms with E-state index in [-0.39, 0.29) is 22.4 Å². The molecule has 2 N–H and O–H groups in total. The molecule has 1 aliphatic carbocycles. The molecular weight excluding hydrogens is 462 g/mol. The Morgan fingerprint density at radius 1 is 1.14 bits per heavy atom. The molecule has 35 heavy (non-hydrogen) atoms. The topological polar surface area (TPSA) is 99.3 Å². The summed E-state index contributed by atoms with van der Waals surface area (Å²) in [6, 6.07) is 11.6. The summed E-state index contributed by atoms with van der Waals surface area (Å²) in [6.45, 7) is 4.36. The molecule has 0 spiro atoms. The number of sulfonamides is 1. The van der Waals surface area contributed by atoms with Crippen molar-refractivity contribution in [2.24, 2.45) is 0 Å². The van der Waals surface area contributed by atoms with E-state index in [1.807, 2.05) is 19.1 Å². The molecule has 1 aliphatic rings. The Morgan fingerprint density at radius 3 is 2.69 bits per heavy atom. The van der Waals surface area contributed by atoms with Crippen LogP contribution in [0, 0.1) is 6.92 Å². The molecule has 0 bridgehead atoms. The average molecular weight is 494 g/mol. The molecule has 4 rings (SSSR count). The maximum atomic E-state index is 13.5. The summed E-state index contributed by atoms with van der Waals surface area (Å²) in [5, 5.41) is 2.99. The second-order valence-corrected chi connectivity index (χ2v) is 10.7. The van der Waals surface area contributed by atoms with Gasteiger partial charge in [0.1, 0.15) is 5.56 Å². The first-order chi connectivity index (χ1) is 16.8. The van der Waals surface area contributed by atoms with Crippen molar-refractivity contribution < 1.29 is 13.2 Å². The zero-order valence-corrected chi connectivity index (χ0v) is 21.0. The summed E-state index contributed by atoms with van der Waals surface area (Å²) in [6.07, 6.45) is 8.91. The molecule has 0 fully saturated rings. The molecule has 2 aromatic carbocycles. The van der Waals surface area contributed by atoms with E-state index in [1.165, 1.54) is 41.0 Å². The first kappa shape index (κ1) is 24.7. The molecule has 0 saturated carbocycles. The molecule has 0 saturated heterocycles. The van der Waals surface area contributed by atoms with Gasteiger partial charge in [0.2, 0.25) is 5.43 Å². The molecule has 184 valence electrons. The summed E-state index contributed by atoms with van der Waals surface area (Å²) in [4.78, 5) is 28.9. The van der Waals surface area contributed by atoms with Crippen LogP contribution in [0.25, 0.3) is 10.9 Å². The number of benzene rings is 2. The maximum Gasteiger partial charge on any atom is 0.264 e. The summed E-state index contributed by atoms with van der Waals surface area (Å²) >= 11 is 0. The van der Waals surface area contributed by atoms with Crippen LogP contribution in [0.2, 0.25) is 0 Å². The summed E-state index contributed by atoms with van der Waals surface area (Å²) < 4.78 is 28.3. The fourth-order valence-electron chi connectivity index (χ4n) is 4.49. The van der Waals surface area contributed by atoms with Crippen LogP contribution in [0.4, 0.5) is 5.69 Å². The van der Waals surface area contributed by atoms with Crippen molar-refractivity contribution in [1.82, 2.24) is 10.3 Å². The van der Waals surface area contributed by atoms with E-state index in [4.69, 9.17) is 0 Å². The van der Waals surface area contributed by atoms with Crippen LogP contribution in [-0.2, 0) is 10.0 Å². The number of carbonyl (C=O) groups excluding carboxylic acids is 1. The number of amides is 1. The standard InChI is InChI=1S/C27H31N3O4S/c1-3-30(21-11-7-8-19(2)16-21)35(33,34)22-12-13-25-23(17-22)26(31)24(18-29-25)27(32)28-15-14-20-9-5-4-6-10-20/h7-9,11-13,16-18H,3-6,10,14-15H2,1-2H3,(H,28,32)(H,29,31). The van der Waals surface area contributed by atoms with E-state index >= 15 is 0 Å². The summed E-state index contributed by atoms with van der Waals surface area (Å²) in [5.41, 5.74) is 2.79. The second kappa shape index (κ2) is 10.5. The van der Waals surface area contributed by atoms with E-state index in [2.05, 4.69) is 16.4 Å². The molecule has 8 heteroatoms. The van der Waals surface area contributed by atoms with Gasteiger partial charge < -0.3 is 10.3 Å². The number of rotatable bonds is 8. The SMILES string of the molecule is CCN(c1cccc(C)c1)S(=O)(=O)c1ccc2[nH]cc(C(=O)NCCC3=CCCCC3)c(=O)c2c1. The number of hydrogen-bond donors (Lipinski definition) is 2. The fourth-order valence-corrected chi connectivity index (χ4v) is 5.98. The average Bonchev–Trinajstić information content (AvgIpc) is 2.85. The van der Waals surface area contributed by atoms with Crippen molar-refractivity contribution >= 4 is 32.5 Å². The number of hydrogen-bond acceptors (Lipinski definition) is 4. The molecule has 1 heterocycles. The minimum Gasteiger partial charge on any atom is -0.360 e. The smallest absolute Gasteiger partial charge is 0.264 e. The van der Waals surface area contributed by atoms with Crippen LogP contribution >= 0.6 is 0 Å². The lowest BCUT2D eigenvalue weighted by Crippen LogP contribution is -2.31. The summed E-state index contributed by atoms with van der Waals surface area (Å²) in [7, 11) is -3.92. The zero-order chi connectivity index (χ0) is 25.0. The van der Waals surface area contributed by atoms with Gasteiger partial charge in [-0.25, -0.2) is 8.42 Å². The van der Waals surface area contributed by atoms with Crippen LogP contribution in [0.15, 0.2) is 70.0 Å². The van der Waals surface area contributed by atoms with E-state index in [0.717, 1.165) is 24.8 Å². The highest BCUT2D eigenvalue weighted by Gasteiger charge is 2.25. The Bertz CT molecular complexity index is 1440. The highest BCUT2D eigenvalue weighted by atomic mass is 32.2. The van der Waals surface area contributed by atoms with E-state index in [0.29, 0.717) is 17.7 Å². The van der Waals surface area contributed by atoms with Crippen LogP contribution in [-0.4, -0.2) is 32.4 Å². The molecule has 0 unspecified atom stereocenters. The van der Waals surface area contributed by atoms with Gasteiger partial charge in [-0.1, -0.05) is 23.8 Å². The van der Waals surface area contributed by atoms with Crippen molar-refractivity contribution in [1.29, 1.82) is 0 Å². The van der Waals surface area contributed by atoms with Crippen molar-refractivity contribution in [3.63, 3.8) is 0 Å². The second-order valence-electron chi connectivity index (χ2n) is 8.86. The van der Waals surface area contributed by atoms with Crippen molar-refractivity contribution in [2.75, 3.05) is 17.4 Å². The number of aromatic nitrogens is 1. The number of nitrogens with zero attached hydrogens (tertiary/aromatic N) is 1. The third kappa shape index (κ3) is 5.32. The predicted octanol–water partition coefficient (Wildman–Crippen LogP) is 4.67. The molecule has 1 amide bonds. The maximum absolute atomic E-state index is 13.5. The van der Waals surface area contributed by atoms with Crippen LogP contribution < -0.4 is 15.1 Å². The number of anilines is 1. The van der Waals surface area contributed by atoms with Crippen molar-refractivity contribution in [3.8, 4) is 0 Å². The van der Waals surface area contributed by atoms with Gasteiger partial charge in [0.05, 0.1) is 10.6 Å². The molecule has 0 atom stereocenters. The number of fused-ring (bicyclic) bond motifs is 1. The van der Waals surface area contributed by atoms with Gasteiger partial charge in [0.25, 0.3) is 15.9 Å². The number of H-pyrrole nitrogens is 1. The first-order valence-corrected chi connectivity index (χ1v) is 13.5. The van der Waals surface area contributed by atoms with Crippen LogP contribution in [0.1, 0.15) is 54.9 Å². The fraction of sp³-hybridized carbons (Fsp3) is 0.333. The van der Waals surface area contributed by atoms with Gasteiger partial charge in [-0.05, 0) is 81.8 Å². The largest absolute Gasteiger partial charge is 0.360 e. The normalized spacial score (nSPS) is 13.9. The minimum absolute atomic E-state index is 0.000602. The van der Waals surface area contributed by atoms with Gasteiger partial charge in [-0.3, -0.25) is 13.9 Å². The lowest BCUT2D eigenvalue weighted by molar-refractivity contribution is 0.0953. The molecule has 1 aromatic heterocycles. The van der Waals surface area contributed by atoms with Crippen LogP contribution in [0.3, 0.4) is 0 Å². The van der Waals surface area contributed by atoms with Crippen molar-refractivity contribution in [3.05, 3.63) is 81.7 Å². The zero-order valence-electron chi connectivity index (χ0n) is 20.1. The summed E-state index contributed by atoms with van der Waals surface area (Å²) in [5.74, 6) is -0.465. The Labute approximate surface area is 205 Å². The molecule has 7 nitrogen and oxygen atoms in total. The monoisotopic (exact) mass is 493 g/mol. The first-order valence-electron chi connectivity index (χ1n) is 12.0. The number of aromatic amines is 1. The Morgan fingerprint density at radius 2 is 1.97 bits per heavy atom. The van der Waals surface area contributed by atoms with Gasteiger partial charge in [0, 0.05) is 30.2 Å². The third-order valence-electron chi connectivity index (χ3n) is 6.38. The Balaban J connectivity index is 1.61. The number of carbonyl (C=O) groups is 1. The van der Waals surface area contributed by atoms with Gasteiger partial charge in [0.15, 0.2) is 0 Å². The predicted molar refractivity (Wildman–Crippen MR) is 139 cm³/mol. The number of aryl methyl sites for hydroxylation is 1. The van der Waals surface area contributed by atoms with Crippen LogP contribution in [0.5, 0.6) is 0 Å². The lowest BCUT2D eigenvalue weighted by atomic mass is 9.97. The Hall–Kier alpha value is -3.39. The lowest BCUT2D eigenvalue weighted by Gasteiger charge is -2.23. The van der Waals surface area contributed by atoms with Crippen molar-refractivity contribution in [2.45, 2.75) is 50.8 Å². The minimum atomic E-state index is -3.92. The highest BCUT2D eigenvalue weighted by Crippen LogP contribution is 2.26. The number of nitrogens with one attached hydrogen (secondary N) is 2. The molecule has 0 radical (unpaired) electrons. The van der Waals surface area contributed by atoms with Gasteiger partial charge in [-0.2, -0.15) is 0 Å². The quantitative estimate of drug-likeness (QED) is 0.445. The number of allylic oxidation sites excluding steroid dienone is 1. The third-order valence-corrected chi connectivity index (χ3v) is 8.28. The van der Waals surface area contributed by atoms with E-state index in [9.17, 15) is 18.0 Å². The number of pyridine rings is 1. The Kier molecular flexibility index (Phi) is 7.40. The van der Waals surface area contributed by atoms with E-state index < -0.39 is 21.4 Å². The molecule has 0 aliphatic heterocycles. The van der Waals surface area contributed by atoms with E-state index in [1.54, 1.807) is 25.1 Å².